The lowest BCUT2D eigenvalue weighted by atomic mass is 9.95. The average Bonchev–Trinajstić information content (AvgIpc) is 3.18. The number of halogens is 1. The van der Waals surface area contributed by atoms with Gasteiger partial charge in [-0.25, -0.2) is 9.38 Å². The number of ether oxygens (including phenoxy) is 1. The van der Waals surface area contributed by atoms with E-state index in [-0.39, 0.29) is 18.5 Å². The minimum atomic E-state index is -0.260. The molecule has 0 bridgehead atoms. The maximum atomic E-state index is 14.7. The molecule has 2 heterocycles. The third-order valence-electron chi connectivity index (χ3n) is 4.82. The molecule has 0 saturated heterocycles. The van der Waals surface area contributed by atoms with Gasteiger partial charge in [-0.3, -0.25) is 0 Å². The summed E-state index contributed by atoms with van der Waals surface area (Å²) in [6.07, 6.45) is 0. The Bertz CT molecular complexity index is 987. The smallest absolute Gasteiger partial charge is 0.195 e. The zero-order valence-electron chi connectivity index (χ0n) is 15.5. The van der Waals surface area contributed by atoms with Crippen LogP contribution in [0.1, 0.15) is 29.9 Å². The van der Waals surface area contributed by atoms with Crippen molar-refractivity contribution in [2.24, 2.45) is 10.7 Å². The monoisotopic (exact) mass is 380 g/mol. The van der Waals surface area contributed by atoms with Crippen molar-refractivity contribution >= 4 is 5.96 Å². The Hall–Kier alpha value is -3.19. The van der Waals surface area contributed by atoms with E-state index >= 15 is 0 Å². The van der Waals surface area contributed by atoms with E-state index in [2.05, 4.69) is 10.1 Å². The Kier molecular flexibility index (Phi) is 5.08. The molecule has 2 N–H and O–H groups in total. The molecule has 7 heteroatoms. The molecule has 28 heavy (non-hydrogen) atoms. The summed E-state index contributed by atoms with van der Waals surface area (Å²) in [6.45, 7) is 3.03. The Balaban J connectivity index is 1.51. The van der Waals surface area contributed by atoms with E-state index in [1.54, 1.807) is 17.0 Å². The molecule has 6 nitrogen and oxygen atoms in total. The molecule has 2 aromatic carbocycles. The lowest BCUT2D eigenvalue weighted by Gasteiger charge is -2.25. The summed E-state index contributed by atoms with van der Waals surface area (Å²) in [5.74, 6) is 0.687. The second-order valence-electron chi connectivity index (χ2n) is 6.72. The minimum absolute atomic E-state index is 0.135. The zero-order chi connectivity index (χ0) is 19.5. The molecule has 1 aliphatic rings. The molecule has 0 saturated carbocycles. The van der Waals surface area contributed by atoms with Crippen LogP contribution in [0.25, 0.3) is 11.1 Å². The van der Waals surface area contributed by atoms with Gasteiger partial charge in [0.15, 0.2) is 5.96 Å². The Labute approximate surface area is 162 Å². The number of aromatic nitrogens is 1. The summed E-state index contributed by atoms with van der Waals surface area (Å²) in [5, 5.41) is 4.10. The van der Waals surface area contributed by atoms with Crippen LogP contribution in [-0.4, -0.2) is 29.5 Å². The molecular weight excluding hydrogens is 359 g/mol. The standard InChI is InChI=1S/C21H21FN4O2/c1-14(16-7-8-18(19(22)9-16)15-5-3-2-4-6-15)20-10-17(25-28-20)11-26-13-27-12-24-21(26)23/h2-10,14H,11-13H2,1H3,(H2,23,24). The van der Waals surface area contributed by atoms with Crippen LogP contribution in [0.15, 0.2) is 64.1 Å². The highest BCUT2D eigenvalue weighted by molar-refractivity contribution is 5.78. The first-order valence-corrected chi connectivity index (χ1v) is 9.05. The summed E-state index contributed by atoms with van der Waals surface area (Å²) in [7, 11) is 0. The number of hydrogen-bond acceptors (Lipinski definition) is 6. The van der Waals surface area contributed by atoms with Crippen LogP contribution in [0.5, 0.6) is 0 Å². The van der Waals surface area contributed by atoms with Crippen LogP contribution < -0.4 is 5.73 Å². The van der Waals surface area contributed by atoms with Gasteiger partial charge in [0.1, 0.15) is 30.7 Å². The maximum Gasteiger partial charge on any atom is 0.195 e. The topological polar surface area (TPSA) is 76.9 Å². The summed E-state index contributed by atoms with van der Waals surface area (Å²) in [6, 6.07) is 16.6. The van der Waals surface area contributed by atoms with E-state index < -0.39 is 0 Å². The van der Waals surface area contributed by atoms with Crippen LogP contribution in [0.3, 0.4) is 0 Å². The molecule has 144 valence electrons. The number of benzene rings is 2. The summed E-state index contributed by atoms with van der Waals surface area (Å²) >= 11 is 0. The van der Waals surface area contributed by atoms with Gasteiger partial charge in [0.05, 0.1) is 6.54 Å². The van der Waals surface area contributed by atoms with Gasteiger partial charge in [-0.05, 0) is 17.2 Å². The third-order valence-corrected chi connectivity index (χ3v) is 4.82. The molecule has 4 rings (SSSR count). The molecule has 0 fully saturated rings. The van der Waals surface area contributed by atoms with E-state index in [1.807, 2.05) is 49.4 Å². The van der Waals surface area contributed by atoms with Gasteiger partial charge in [-0.1, -0.05) is 54.5 Å². The molecule has 0 spiro atoms. The number of nitrogens with zero attached hydrogens (tertiary/aromatic N) is 3. The Morgan fingerprint density at radius 2 is 2.00 bits per heavy atom. The van der Waals surface area contributed by atoms with Gasteiger partial charge in [0.25, 0.3) is 0 Å². The van der Waals surface area contributed by atoms with Crippen LogP contribution in [0.4, 0.5) is 4.39 Å². The summed E-state index contributed by atoms with van der Waals surface area (Å²) < 4.78 is 25.4. The molecule has 0 amide bonds. The molecule has 1 atom stereocenters. The van der Waals surface area contributed by atoms with E-state index in [4.69, 9.17) is 15.0 Å². The fourth-order valence-corrected chi connectivity index (χ4v) is 3.17. The van der Waals surface area contributed by atoms with Crippen LogP contribution in [-0.2, 0) is 11.3 Å². The second-order valence-corrected chi connectivity index (χ2v) is 6.72. The van der Waals surface area contributed by atoms with Crippen molar-refractivity contribution in [2.75, 3.05) is 13.5 Å². The number of nitrogens with two attached hydrogens (primary N) is 1. The van der Waals surface area contributed by atoms with Crippen molar-refractivity contribution in [3.8, 4) is 11.1 Å². The van der Waals surface area contributed by atoms with Crippen molar-refractivity contribution in [1.82, 2.24) is 10.1 Å². The van der Waals surface area contributed by atoms with Gasteiger partial charge in [-0.2, -0.15) is 0 Å². The first-order chi connectivity index (χ1) is 13.6. The van der Waals surface area contributed by atoms with E-state index in [0.717, 1.165) is 11.1 Å². The molecule has 3 aromatic rings. The zero-order valence-corrected chi connectivity index (χ0v) is 15.5. The first kappa shape index (κ1) is 18.2. The molecule has 1 unspecified atom stereocenters. The van der Waals surface area contributed by atoms with Gasteiger partial charge < -0.3 is 19.9 Å². The average molecular weight is 380 g/mol. The predicted octanol–water partition coefficient (Wildman–Crippen LogP) is 3.69. The fourth-order valence-electron chi connectivity index (χ4n) is 3.17. The van der Waals surface area contributed by atoms with Gasteiger partial charge in [0, 0.05) is 17.5 Å². The lowest BCUT2D eigenvalue weighted by Crippen LogP contribution is -2.41. The predicted molar refractivity (Wildman–Crippen MR) is 104 cm³/mol. The van der Waals surface area contributed by atoms with Crippen molar-refractivity contribution in [2.45, 2.75) is 19.4 Å². The van der Waals surface area contributed by atoms with E-state index in [0.29, 0.717) is 36.3 Å². The van der Waals surface area contributed by atoms with Gasteiger partial charge >= 0.3 is 0 Å². The van der Waals surface area contributed by atoms with Crippen molar-refractivity contribution < 1.29 is 13.7 Å². The SMILES string of the molecule is CC(c1ccc(-c2ccccc2)c(F)c1)c1cc(CN2COCN=C2N)no1. The Morgan fingerprint density at radius 3 is 2.75 bits per heavy atom. The fraction of sp³-hybridized carbons (Fsp3) is 0.238. The van der Waals surface area contributed by atoms with Crippen LogP contribution >= 0.6 is 0 Å². The highest BCUT2D eigenvalue weighted by Gasteiger charge is 2.19. The molecule has 0 aliphatic carbocycles. The normalized spacial score (nSPS) is 15.4. The van der Waals surface area contributed by atoms with Gasteiger partial charge in [-0.15, -0.1) is 0 Å². The number of aliphatic imine (C=N–C) groups is 1. The maximum absolute atomic E-state index is 14.7. The van der Waals surface area contributed by atoms with E-state index in [1.165, 1.54) is 0 Å². The largest absolute Gasteiger partial charge is 0.370 e. The number of guanidine groups is 1. The number of hydrogen-bond donors (Lipinski definition) is 1. The highest BCUT2D eigenvalue weighted by Crippen LogP contribution is 2.30. The molecule has 1 aromatic heterocycles. The van der Waals surface area contributed by atoms with Gasteiger partial charge in [0.2, 0.25) is 0 Å². The molecule has 0 radical (unpaired) electrons. The van der Waals surface area contributed by atoms with Crippen molar-refractivity contribution in [3.63, 3.8) is 0 Å². The number of rotatable bonds is 5. The summed E-state index contributed by atoms with van der Waals surface area (Å²) in [4.78, 5) is 5.81. The van der Waals surface area contributed by atoms with Crippen molar-refractivity contribution in [1.29, 1.82) is 0 Å². The third kappa shape index (κ3) is 3.75. The minimum Gasteiger partial charge on any atom is -0.370 e. The van der Waals surface area contributed by atoms with E-state index in [9.17, 15) is 4.39 Å². The highest BCUT2D eigenvalue weighted by atomic mass is 19.1. The second kappa shape index (κ2) is 7.82. The molecular formula is C21H21FN4O2. The van der Waals surface area contributed by atoms with Crippen molar-refractivity contribution in [3.05, 3.63) is 77.4 Å². The van der Waals surface area contributed by atoms with Crippen LogP contribution in [0.2, 0.25) is 0 Å². The quantitative estimate of drug-likeness (QED) is 0.730. The summed E-state index contributed by atoms with van der Waals surface area (Å²) in [5.41, 5.74) is 8.82. The lowest BCUT2D eigenvalue weighted by molar-refractivity contribution is 0.0484. The first-order valence-electron chi connectivity index (χ1n) is 9.05. The van der Waals surface area contributed by atoms with Crippen LogP contribution in [0, 0.1) is 5.82 Å². The molecule has 1 aliphatic heterocycles. The Morgan fingerprint density at radius 1 is 1.18 bits per heavy atom.